The van der Waals surface area contributed by atoms with E-state index in [4.69, 9.17) is 0 Å². The molecule has 6 atom stereocenters. The third-order valence-electron chi connectivity index (χ3n) is 8.17. The number of piperazine rings is 1. The number of thioether (sulfide) groups is 1. The Kier molecular flexibility index (Phi) is 22.8. The standard InChI is InChI=1S/C17H30N2OS.C13H30N4.C2H6.C2H2/c1-6-13-9-7-8-12(4)15(13)19(5)17(20)14-10-18-16(21-14)11(2)3;1-5-13(11(2)3)16-12(4)15-10-17-8-6-14-7-9-17;2*1-2/h7-8,11,13-14,16-18,20H,6,9-10H2,1-5H3;11-16H,5-10H2,1-4H3;1-2H3;1-2H. The van der Waals surface area contributed by atoms with Crippen LogP contribution in [0.3, 0.4) is 0 Å². The average Bonchev–Trinajstić information content (AvgIpc) is 3.51. The third kappa shape index (κ3) is 14.2. The van der Waals surface area contributed by atoms with Crippen LogP contribution in [0.25, 0.3) is 0 Å². The summed E-state index contributed by atoms with van der Waals surface area (Å²) in [6, 6.07) is 0.612. The van der Waals surface area contributed by atoms with Crippen LogP contribution in [-0.2, 0) is 0 Å². The minimum Gasteiger partial charge on any atom is -0.372 e. The first-order valence-electron chi connectivity index (χ1n) is 16.5. The molecule has 2 fully saturated rings. The van der Waals surface area contributed by atoms with E-state index in [-0.39, 0.29) is 5.25 Å². The van der Waals surface area contributed by atoms with E-state index < -0.39 is 6.23 Å². The SMILES string of the molecule is C#C.CC.CCC(NC(C)NCN1CCNCC1)C(C)C.CCC1CC=CC(C)=C1N(C)C(O)C1CNC(C(C)C)S1. The van der Waals surface area contributed by atoms with Crippen molar-refractivity contribution >= 4 is 11.8 Å². The molecule has 0 radical (unpaired) electrons. The zero-order valence-corrected chi connectivity index (χ0v) is 29.9. The van der Waals surface area contributed by atoms with Crippen LogP contribution in [0.15, 0.2) is 23.4 Å². The molecule has 1 aliphatic carbocycles. The fourth-order valence-electron chi connectivity index (χ4n) is 5.63. The Morgan fingerprint density at radius 2 is 1.74 bits per heavy atom. The van der Waals surface area contributed by atoms with Gasteiger partial charge < -0.3 is 20.6 Å². The van der Waals surface area contributed by atoms with E-state index in [1.807, 2.05) is 25.6 Å². The van der Waals surface area contributed by atoms with Crippen molar-refractivity contribution in [3.63, 3.8) is 0 Å². The van der Waals surface area contributed by atoms with Gasteiger partial charge in [0.2, 0.25) is 0 Å². The summed E-state index contributed by atoms with van der Waals surface area (Å²) in [7, 11) is 2.05. The summed E-state index contributed by atoms with van der Waals surface area (Å²) in [6.45, 7) is 28.3. The van der Waals surface area contributed by atoms with Crippen LogP contribution in [-0.4, -0.2) is 90.4 Å². The predicted octanol–water partition coefficient (Wildman–Crippen LogP) is 5.27. The van der Waals surface area contributed by atoms with Crippen molar-refractivity contribution in [2.24, 2.45) is 17.8 Å². The van der Waals surface area contributed by atoms with Crippen molar-refractivity contribution in [3.8, 4) is 12.8 Å². The molecular weight excluding hydrogens is 540 g/mol. The van der Waals surface area contributed by atoms with Crippen LogP contribution in [0.4, 0.5) is 0 Å². The number of rotatable bonds is 12. The topological polar surface area (TPSA) is 74.8 Å². The molecule has 2 saturated heterocycles. The fourth-order valence-corrected chi connectivity index (χ4v) is 7.03. The second kappa shape index (κ2) is 23.3. The highest BCUT2D eigenvalue weighted by atomic mass is 32.2. The summed E-state index contributed by atoms with van der Waals surface area (Å²) < 4.78 is 0. The molecule has 3 aliphatic rings. The molecule has 0 amide bonds. The minimum atomic E-state index is -0.420. The summed E-state index contributed by atoms with van der Waals surface area (Å²) in [4.78, 5) is 4.58. The van der Waals surface area contributed by atoms with E-state index in [1.165, 1.54) is 17.7 Å². The number of hydrogen-bond acceptors (Lipinski definition) is 8. The lowest BCUT2D eigenvalue weighted by Crippen LogP contribution is -2.53. The van der Waals surface area contributed by atoms with Crippen molar-refractivity contribution in [1.29, 1.82) is 0 Å². The van der Waals surface area contributed by atoms with E-state index in [2.05, 4.69) is 119 Å². The fraction of sp³-hybridized carbons (Fsp3) is 0.824. The summed E-state index contributed by atoms with van der Waals surface area (Å²) in [6.07, 6.45) is 15.8. The van der Waals surface area contributed by atoms with Gasteiger partial charge in [0.15, 0.2) is 0 Å². The number of nitrogens with one attached hydrogen (secondary N) is 4. The lowest BCUT2D eigenvalue weighted by Gasteiger charge is -2.37. The molecule has 0 aromatic heterocycles. The molecule has 0 aromatic rings. The molecule has 42 heavy (non-hydrogen) atoms. The van der Waals surface area contributed by atoms with Crippen LogP contribution < -0.4 is 21.3 Å². The lowest BCUT2D eigenvalue weighted by atomic mass is 9.89. The number of allylic oxidation sites excluding steroid dienone is 4. The Balaban J connectivity index is 0.000000729. The normalized spacial score (nSPS) is 24.5. The van der Waals surface area contributed by atoms with E-state index in [0.717, 1.165) is 52.2 Å². The van der Waals surface area contributed by atoms with Crippen LogP contribution in [0.2, 0.25) is 0 Å². The van der Waals surface area contributed by atoms with Gasteiger partial charge in [-0.2, -0.15) is 0 Å². The van der Waals surface area contributed by atoms with Crippen molar-refractivity contribution in [1.82, 2.24) is 31.1 Å². The van der Waals surface area contributed by atoms with Crippen molar-refractivity contribution in [3.05, 3.63) is 23.4 Å². The van der Waals surface area contributed by atoms with Crippen LogP contribution in [0.1, 0.15) is 88.5 Å². The van der Waals surface area contributed by atoms with Gasteiger partial charge in [-0.3, -0.25) is 15.5 Å². The third-order valence-corrected chi connectivity index (χ3v) is 9.93. The van der Waals surface area contributed by atoms with Crippen molar-refractivity contribution in [2.75, 3.05) is 46.4 Å². The van der Waals surface area contributed by atoms with Gasteiger partial charge in [0, 0.05) is 64.1 Å². The maximum absolute atomic E-state index is 10.8. The molecule has 246 valence electrons. The van der Waals surface area contributed by atoms with E-state index >= 15 is 0 Å². The molecule has 2 heterocycles. The van der Waals surface area contributed by atoms with E-state index in [9.17, 15) is 5.11 Å². The number of hydrogen-bond donors (Lipinski definition) is 5. The Hall–Kier alpha value is -1.05. The van der Waals surface area contributed by atoms with Gasteiger partial charge in [-0.25, -0.2) is 0 Å². The number of aliphatic hydroxyl groups is 1. The number of aliphatic hydroxyl groups excluding tert-OH is 1. The van der Waals surface area contributed by atoms with Gasteiger partial charge in [0.25, 0.3) is 0 Å². The number of nitrogens with zero attached hydrogens (tertiary/aromatic N) is 2. The Bertz CT molecular complexity index is 764. The monoisotopic (exact) mass is 609 g/mol. The van der Waals surface area contributed by atoms with E-state index in [0.29, 0.717) is 35.3 Å². The van der Waals surface area contributed by atoms with E-state index in [1.54, 1.807) is 0 Å². The maximum atomic E-state index is 10.8. The van der Waals surface area contributed by atoms with Crippen LogP contribution in [0.5, 0.6) is 0 Å². The minimum absolute atomic E-state index is 0.242. The zero-order valence-electron chi connectivity index (χ0n) is 29.0. The van der Waals surface area contributed by atoms with Crippen molar-refractivity contribution in [2.45, 2.75) is 118 Å². The Labute approximate surface area is 265 Å². The molecular formula is C34H68N6OS. The molecule has 0 saturated carbocycles. The second-order valence-electron chi connectivity index (χ2n) is 12.0. The maximum Gasteiger partial charge on any atom is 0.139 e. The smallest absolute Gasteiger partial charge is 0.139 e. The van der Waals surface area contributed by atoms with Gasteiger partial charge in [-0.15, -0.1) is 24.6 Å². The molecule has 7 nitrogen and oxygen atoms in total. The largest absolute Gasteiger partial charge is 0.372 e. The van der Waals surface area contributed by atoms with Gasteiger partial charge in [0.1, 0.15) is 6.23 Å². The Morgan fingerprint density at radius 3 is 2.24 bits per heavy atom. The van der Waals surface area contributed by atoms with Crippen LogP contribution in [0, 0.1) is 30.6 Å². The summed E-state index contributed by atoms with van der Waals surface area (Å²) in [5, 5.41) is 25.6. The summed E-state index contributed by atoms with van der Waals surface area (Å²) >= 11 is 1.89. The van der Waals surface area contributed by atoms with Gasteiger partial charge >= 0.3 is 0 Å². The zero-order chi connectivity index (χ0) is 32.2. The van der Waals surface area contributed by atoms with Gasteiger partial charge in [0.05, 0.1) is 16.8 Å². The average molecular weight is 609 g/mol. The van der Waals surface area contributed by atoms with Crippen LogP contribution >= 0.6 is 11.8 Å². The first-order chi connectivity index (χ1) is 20.1. The molecule has 0 bridgehead atoms. The molecule has 5 N–H and O–H groups in total. The molecule has 2 aliphatic heterocycles. The highest BCUT2D eigenvalue weighted by Crippen LogP contribution is 2.35. The second-order valence-corrected chi connectivity index (χ2v) is 13.3. The van der Waals surface area contributed by atoms with Gasteiger partial charge in [-0.05, 0) is 50.5 Å². The summed E-state index contributed by atoms with van der Waals surface area (Å²) in [5.41, 5.74) is 2.62. The molecule has 3 rings (SSSR count). The number of terminal acetylenes is 1. The predicted molar refractivity (Wildman–Crippen MR) is 187 cm³/mol. The molecule has 0 spiro atoms. The molecule has 0 aromatic carbocycles. The quantitative estimate of drug-likeness (QED) is 0.152. The summed E-state index contributed by atoms with van der Waals surface area (Å²) in [5.74, 6) is 1.83. The first-order valence-corrected chi connectivity index (χ1v) is 17.5. The first kappa shape index (κ1) is 41.0. The highest BCUT2D eigenvalue weighted by Gasteiger charge is 2.35. The van der Waals surface area contributed by atoms with Crippen molar-refractivity contribution < 1.29 is 5.11 Å². The molecule has 8 heteroatoms. The highest BCUT2D eigenvalue weighted by molar-refractivity contribution is 8.00. The lowest BCUT2D eigenvalue weighted by molar-refractivity contribution is 0.0370. The van der Waals surface area contributed by atoms with Gasteiger partial charge in [-0.1, -0.05) is 67.5 Å². The Morgan fingerprint density at radius 1 is 1.12 bits per heavy atom. The molecule has 6 unspecified atom stereocenters.